The van der Waals surface area contributed by atoms with Gasteiger partial charge in [0.2, 0.25) is 0 Å². The summed E-state index contributed by atoms with van der Waals surface area (Å²) in [6, 6.07) is 3.28. The number of rotatable bonds is 7. The highest BCUT2D eigenvalue weighted by Gasteiger charge is 2.27. The Morgan fingerprint density at radius 2 is 2.11 bits per heavy atom. The molecule has 0 bridgehead atoms. The first kappa shape index (κ1) is 15.6. The molecule has 0 spiro atoms. The molecule has 0 atom stereocenters. The number of ether oxygens (including phenoxy) is 1. The van der Waals surface area contributed by atoms with Crippen LogP contribution in [0.15, 0.2) is 16.3 Å². The summed E-state index contributed by atoms with van der Waals surface area (Å²) in [6.07, 6.45) is 0.474. The molecular formula is C11H19NO4S2. The van der Waals surface area contributed by atoms with E-state index in [9.17, 15) is 8.42 Å². The van der Waals surface area contributed by atoms with Gasteiger partial charge >= 0.3 is 0 Å². The van der Waals surface area contributed by atoms with Gasteiger partial charge in [0, 0.05) is 25.0 Å². The van der Waals surface area contributed by atoms with Crippen LogP contribution in [0.25, 0.3) is 0 Å². The largest absolute Gasteiger partial charge is 0.396 e. The zero-order valence-electron chi connectivity index (χ0n) is 10.8. The normalized spacial score (nSPS) is 12.9. The van der Waals surface area contributed by atoms with Gasteiger partial charge in [0.05, 0.1) is 12.1 Å². The van der Waals surface area contributed by atoms with Crippen LogP contribution in [-0.2, 0) is 21.2 Å². The number of thiophene rings is 1. The average molecular weight is 293 g/mol. The minimum Gasteiger partial charge on any atom is -0.396 e. The molecule has 7 heteroatoms. The zero-order chi connectivity index (χ0) is 13.8. The van der Waals surface area contributed by atoms with E-state index in [-0.39, 0.29) is 10.8 Å². The first-order valence-electron chi connectivity index (χ1n) is 5.53. The predicted octanol–water partition coefficient (Wildman–Crippen LogP) is 0.986. The van der Waals surface area contributed by atoms with E-state index in [1.807, 2.05) is 0 Å². The smallest absolute Gasteiger partial charge is 0.250 e. The number of nitrogens with one attached hydrogen (secondary N) is 1. The van der Waals surface area contributed by atoms with Gasteiger partial charge in [0.25, 0.3) is 10.0 Å². The second kappa shape index (κ2) is 6.12. The highest BCUT2D eigenvalue weighted by molar-refractivity contribution is 7.91. The van der Waals surface area contributed by atoms with Crippen molar-refractivity contribution < 1.29 is 18.3 Å². The molecule has 104 valence electrons. The second-order valence-electron chi connectivity index (χ2n) is 4.62. The molecule has 1 aromatic heterocycles. The van der Waals surface area contributed by atoms with Crippen molar-refractivity contribution in [2.24, 2.45) is 0 Å². The molecule has 1 aromatic rings. The molecule has 5 nitrogen and oxygen atoms in total. The summed E-state index contributed by atoms with van der Waals surface area (Å²) in [7, 11) is -2.00. The van der Waals surface area contributed by atoms with Gasteiger partial charge in [-0.15, -0.1) is 11.3 Å². The third kappa shape index (κ3) is 4.33. The lowest BCUT2D eigenvalue weighted by molar-refractivity contribution is 0.141. The number of aliphatic hydroxyl groups excluding tert-OH is 1. The van der Waals surface area contributed by atoms with Gasteiger partial charge in [-0.1, -0.05) is 0 Å². The summed E-state index contributed by atoms with van der Waals surface area (Å²) in [5, 5.41) is 8.81. The SMILES string of the molecule is COCC(C)(C)NS(=O)(=O)c1ccc(CCO)s1. The summed E-state index contributed by atoms with van der Waals surface area (Å²) >= 11 is 1.17. The first-order chi connectivity index (χ1) is 8.30. The van der Waals surface area contributed by atoms with E-state index in [1.165, 1.54) is 18.4 Å². The van der Waals surface area contributed by atoms with Gasteiger partial charge in [0.1, 0.15) is 4.21 Å². The summed E-state index contributed by atoms with van der Waals surface area (Å²) in [5.74, 6) is 0. The Balaban J connectivity index is 2.85. The lowest BCUT2D eigenvalue weighted by Crippen LogP contribution is -2.46. The van der Waals surface area contributed by atoms with Gasteiger partial charge in [-0.2, -0.15) is 0 Å². The Bertz CT molecular complexity index is 479. The number of sulfonamides is 1. The maximum absolute atomic E-state index is 12.1. The molecule has 0 fully saturated rings. The first-order valence-corrected chi connectivity index (χ1v) is 7.83. The molecule has 0 aliphatic heterocycles. The minimum atomic E-state index is -3.53. The fourth-order valence-corrected chi connectivity index (χ4v) is 4.29. The van der Waals surface area contributed by atoms with Crippen molar-refractivity contribution in [1.29, 1.82) is 0 Å². The standard InChI is InChI=1S/C11H19NO4S2/c1-11(2,8-16-3)12-18(14,15)10-5-4-9(17-10)6-7-13/h4-5,12-13H,6-8H2,1-3H3. The molecule has 0 saturated heterocycles. The third-order valence-electron chi connectivity index (χ3n) is 2.18. The van der Waals surface area contributed by atoms with E-state index in [2.05, 4.69) is 4.72 Å². The molecule has 18 heavy (non-hydrogen) atoms. The Morgan fingerprint density at radius 1 is 1.44 bits per heavy atom. The molecule has 0 radical (unpaired) electrons. The van der Waals surface area contributed by atoms with Crippen LogP contribution in [0.5, 0.6) is 0 Å². The number of hydrogen-bond donors (Lipinski definition) is 2. The quantitative estimate of drug-likeness (QED) is 0.786. The minimum absolute atomic E-state index is 0.0165. The van der Waals surface area contributed by atoms with Crippen LogP contribution in [0.4, 0.5) is 0 Å². The highest BCUT2D eigenvalue weighted by Crippen LogP contribution is 2.23. The van der Waals surface area contributed by atoms with E-state index in [1.54, 1.807) is 26.0 Å². The van der Waals surface area contributed by atoms with Crippen LogP contribution in [0.1, 0.15) is 18.7 Å². The molecule has 0 aliphatic carbocycles. The van der Waals surface area contributed by atoms with Crippen molar-refractivity contribution in [3.05, 3.63) is 17.0 Å². The molecule has 1 rings (SSSR count). The molecule has 0 aromatic carbocycles. The van der Waals surface area contributed by atoms with Crippen LogP contribution >= 0.6 is 11.3 Å². The fourth-order valence-electron chi connectivity index (χ4n) is 1.55. The van der Waals surface area contributed by atoms with Crippen LogP contribution in [0, 0.1) is 0 Å². The summed E-state index contributed by atoms with van der Waals surface area (Å²) < 4.78 is 32.1. The molecule has 0 saturated carbocycles. The van der Waals surface area contributed by atoms with Crippen LogP contribution in [0.3, 0.4) is 0 Å². The topological polar surface area (TPSA) is 75.6 Å². The summed E-state index contributed by atoms with van der Waals surface area (Å²) in [6.45, 7) is 3.83. The van der Waals surface area contributed by atoms with Crippen molar-refractivity contribution in [2.75, 3.05) is 20.3 Å². The molecular weight excluding hydrogens is 274 g/mol. The van der Waals surface area contributed by atoms with Crippen molar-refractivity contribution in [2.45, 2.75) is 30.0 Å². The Hall–Kier alpha value is -0.470. The van der Waals surface area contributed by atoms with E-state index in [4.69, 9.17) is 9.84 Å². The molecule has 1 heterocycles. The zero-order valence-corrected chi connectivity index (χ0v) is 12.4. The monoisotopic (exact) mass is 293 g/mol. The third-order valence-corrected chi connectivity index (χ3v) is 5.51. The second-order valence-corrected chi connectivity index (χ2v) is 7.69. The van der Waals surface area contributed by atoms with Gasteiger partial charge < -0.3 is 9.84 Å². The Kier molecular flexibility index (Phi) is 5.30. The predicted molar refractivity (Wildman–Crippen MR) is 71.4 cm³/mol. The lowest BCUT2D eigenvalue weighted by atomic mass is 10.1. The molecule has 2 N–H and O–H groups in total. The summed E-state index contributed by atoms with van der Waals surface area (Å²) in [5.41, 5.74) is -0.658. The van der Waals surface area contributed by atoms with Crippen LogP contribution < -0.4 is 4.72 Å². The number of hydrogen-bond acceptors (Lipinski definition) is 5. The van der Waals surface area contributed by atoms with Crippen molar-refractivity contribution in [1.82, 2.24) is 4.72 Å². The highest BCUT2D eigenvalue weighted by atomic mass is 32.2. The van der Waals surface area contributed by atoms with E-state index in [0.717, 1.165) is 4.88 Å². The van der Waals surface area contributed by atoms with Crippen LogP contribution in [0.2, 0.25) is 0 Å². The number of aliphatic hydroxyl groups is 1. The Morgan fingerprint density at radius 3 is 2.67 bits per heavy atom. The number of methoxy groups -OCH3 is 1. The maximum Gasteiger partial charge on any atom is 0.250 e. The van der Waals surface area contributed by atoms with Gasteiger partial charge in [-0.25, -0.2) is 13.1 Å². The molecule has 0 unspecified atom stereocenters. The molecule has 0 aliphatic rings. The van der Waals surface area contributed by atoms with E-state index < -0.39 is 15.6 Å². The van der Waals surface area contributed by atoms with Crippen molar-refractivity contribution in [3.8, 4) is 0 Å². The van der Waals surface area contributed by atoms with Crippen LogP contribution in [-0.4, -0.2) is 39.4 Å². The van der Waals surface area contributed by atoms with Gasteiger partial charge in [0.15, 0.2) is 0 Å². The van der Waals surface area contributed by atoms with Crippen molar-refractivity contribution >= 4 is 21.4 Å². The van der Waals surface area contributed by atoms with Crippen molar-refractivity contribution in [3.63, 3.8) is 0 Å². The maximum atomic E-state index is 12.1. The Labute approximate surface area is 112 Å². The van der Waals surface area contributed by atoms with E-state index in [0.29, 0.717) is 13.0 Å². The lowest BCUT2D eigenvalue weighted by Gasteiger charge is -2.24. The van der Waals surface area contributed by atoms with E-state index >= 15 is 0 Å². The molecule has 0 amide bonds. The van der Waals surface area contributed by atoms with Gasteiger partial charge in [-0.3, -0.25) is 0 Å². The van der Waals surface area contributed by atoms with Gasteiger partial charge in [-0.05, 0) is 26.0 Å². The fraction of sp³-hybridized carbons (Fsp3) is 0.636. The average Bonchev–Trinajstić information content (AvgIpc) is 2.65. The summed E-state index contributed by atoms with van der Waals surface area (Å²) in [4.78, 5) is 0.849.